The summed E-state index contributed by atoms with van der Waals surface area (Å²) >= 11 is 1.58. The maximum atomic E-state index is 13.0. The van der Waals surface area contributed by atoms with E-state index >= 15 is 0 Å². The number of nitrogens with zero attached hydrogens (tertiary/aromatic N) is 3. The Morgan fingerprint density at radius 3 is 2.82 bits per heavy atom. The van der Waals surface area contributed by atoms with Gasteiger partial charge >= 0.3 is 0 Å². The zero-order valence-electron chi connectivity index (χ0n) is 16.2. The van der Waals surface area contributed by atoms with Gasteiger partial charge in [0, 0.05) is 42.0 Å². The molecule has 1 N–H and O–H groups in total. The quantitative estimate of drug-likeness (QED) is 0.863. The monoisotopic (exact) mass is 398 g/mol. The van der Waals surface area contributed by atoms with E-state index in [9.17, 15) is 9.59 Å². The first-order valence-corrected chi connectivity index (χ1v) is 11.2. The van der Waals surface area contributed by atoms with Crippen LogP contribution in [-0.4, -0.2) is 53.4 Å². The summed E-state index contributed by atoms with van der Waals surface area (Å²) in [5, 5.41) is 6.24. The molecule has 2 bridgehead atoms. The fourth-order valence-corrected chi connectivity index (χ4v) is 5.98. The number of amides is 2. The van der Waals surface area contributed by atoms with Crippen molar-refractivity contribution in [1.82, 2.24) is 15.2 Å². The number of piperidine rings is 4. The Labute approximate surface area is 168 Å². The number of hydrogen-bond donors (Lipinski definition) is 1. The summed E-state index contributed by atoms with van der Waals surface area (Å²) in [7, 11) is 0. The smallest absolute Gasteiger partial charge is 0.270 e. The maximum absolute atomic E-state index is 13.0. The summed E-state index contributed by atoms with van der Waals surface area (Å²) in [5.74, 6) is 0.639. The van der Waals surface area contributed by atoms with E-state index in [1.165, 1.54) is 0 Å². The summed E-state index contributed by atoms with van der Waals surface area (Å²) in [6.45, 7) is 5.26. The van der Waals surface area contributed by atoms with Gasteiger partial charge in [-0.1, -0.05) is 0 Å². The van der Waals surface area contributed by atoms with Crippen LogP contribution in [0.3, 0.4) is 0 Å². The van der Waals surface area contributed by atoms with Crippen molar-refractivity contribution in [3.8, 4) is 0 Å². The maximum Gasteiger partial charge on any atom is 0.270 e. The minimum absolute atomic E-state index is 0.102. The van der Waals surface area contributed by atoms with E-state index in [1.807, 2.05) is 16.3 Å². The third kappa shape index (κ3) is 3.01. The van der Waals surface area contributed by atoms with Crippen LogP contribution in [-0.2, 0) is 4.79 Å². The van der Waals surface area contributed by atoms with E-state index in [0.29, 0.717) is 24.1 Å². The Morgan fingerprint density at radius 2 is 2.07 bits per heavy atom. The summed E-state index contributed by atoms with van der Waals surface area (Å²) in [6, 6.07) is 2.44. The molecular weight excluding hydrogens is 372 g/mol. The van der Waals surface area contributed by atoms with Gasteiger partial charge < -0.3 is 10.2 Å². The fraction of sp³-hybridized carbons (Fsp3) is 0.571. The Kier molecular flexibility index (Phi) is 4.59. The summed E-state index contributed by atoms with van der Waals surface area (Å²) < 4.78 is 1.01. The van der Waals surface area contributed by atoms with Crippen molar-refractivity contribution in [2.45, 2.75) is 51.1 Å². The highest BCUT2D eigenvalue weighted by Gasteiger charge is 2.40. The van der Waals surface area contributed by atoms with Crippen molar-refractivity contribution in [2.75, 3.05) is 24.5 Å². The van der Waals surface area contributed by atoms with Crippen LogP contribution in [0.2, 0.25) is 0 Å². The van der Waals surface area contributed by atoms with Crippen molar-refractivity contribution in [1.29, 1.82) is 0 Å². The van der Waals surface area contributed by atoms with Gasteiger partial charge in [-0.25, -0.2) is 4.98 Å². The highest BCUT2D eigenvalue weighted by molar-refractivity contribution is 7.17. The van der Waals surface area contributed by atoms with Crippen LogP contribution < -0.4 is 10.2 Å². The average Bonchev–Trinajstić information content (AvgIpc) is 3.14. The molecule has 6 heterocycles. The standard InChI is InChI=1S/C21H26N4O2S/c1-13-20(14-5-8-24(13)9-6-14)23-21(27)16-10-15-17(12-28-18(15)11-22-16)25-7-3-2-4-19(25)26/h10-14,20H,2-9H2,1H3,(H,23,27)/t13-,20+/m1/s1. The molecule has 2 aromatic heterocycles. The van der Waals surface area contributed by atoms with Crippen molar-refractivity contribution >= 4 is 38.9 Å². The number of nitrogens with one attached hydrogen (secondary N) is 1. The van der Waals surface area contributed by atoms with Gasteiger partial charge in [0.05, 0.1) is 10.4 Å². The van der Waals surface area contributed by atoms with Crippen molar-refractivity contribution in [2.24, 2.45) is 5.92 Å². The number of rotatable bonds is 3. The average molecular weight is 399 g/mol. The van der Waals surface area contributed by atoms with Gasteiger partial charge in [-0.2, -0.15) is 0 Å². The first-order chi connectivity index (χ1) is 13.6. The van der Waals surface area contributed by atoms with Gasteiger partial charge in [0.2, 0.25) is 5.91 Å². The summed E-state index contributed by atoms with van der Waals surface area (Å²) in [6.07, 6.45) is 6.68. The Morgan fingerprint density at radius 1 is 1.25 bits per heavy atom. The molecule has 2 atom stereocenters. The molecule has 2 aromatic rings. The molecule has 2 amide bonds. The molecule has 6 rings (SSSR count). The highest BCUT2D eigenvalue weighted by atomic mass is 32.1. The molecule has 0 saturated carbocycles. The van der Waals surface area contributed by atoms with Crippen LogP contribution in [0.15, 0.2) is 17.6 Å². The van der Waals surface area contributed by atoms with Gasteiger partial charge in [-0.05, 0) is 57.7 Å². The molecule has 4 aliphatic heterocycles. The first kappa shape index (κ1) is 18.1. The number of carbonyl (C=O) groups is 2. The molecule has 0 aromatic carbocycles. The minimum Gasteiger partial charge on any atom is -0.346 e. The number of fused-ring (bicyclic) bond motifs is 4. The Bertz CT molecular complexity index is 916. The van der Waals surface area contributed by atoms with E-state index in [2.05, 4.69) is 22.1 Å². The van der Waals surface area contributed by atoms with Gasteiger partial charge in [0.1, 0.15) is 5.69 Å². The number of aromatic nitrogens is 1. The summed E-state index contributed by atoms with van der Waals surface area (Å²) in [5.41, 5.74) is 1.37. The lowest BCUT2D eigenvalue weighted by Crippen LogP contribution is -2.62. The van der Waals surface area contributed by atoms with Gasteiger partial charge in [-0.15, -0.1) is 11.3 Å². The third-order valence-corrected chi connectivity index (χ3v) is 7.68. The highest BCUT2D eigenvalue weighted by Crippen LogP contribution is 2.35. The number of carbonyl (C=O) groups excluding carboxylic acids is 2. The molecule has 4 aliphatic rings. The molecule has 4 fully saturated rings. The number of pyridine rings is 1. The minimum atomic E-state index is -0.102. The molecule has 6 nitrogen and oxygen atoms in total. The molecule has 0 radical (unpaired) electrons. The van der Waals surface area contributed by atoms with Crippen LogP contribution in [0.5, 0.6) is 0 Å². The molecule has 0 aliphatic carbocycles. The topological polar surface area (TPSA) is 65.5 Å². The van der Waals surface area contributed by atoms with Crippen LogP contribution in [0, 0.1) is 5.92 Å². The fourth-order valence-electron chi connectivity index (χ4n) is 5.08. The third-order valence-electron chi connectivity index (χ3n) is 6.76. The lowest BCUT2D eigenvalue weighted by molar-refractivity contribution is -0.119. The number of hydrogen-bond acceptors (Lipinski definition) is 5. The van der Waals surface area contributed by atoms with E-state index in [1.54, 1.807) is 17.5 Å². The second-order valence-electron chi connectivity index (χ2n) is 8.30. The van der Waals surface area contributed by atoms with Gasteiger partial charge in [0.15, 0.2) is 0 Å². The first-order valence-electron chi connectivity index (χ1n) is 10.3. The zero-order chi connectivity index (χ0) is 19.3. The van der Waals surface area contributed by atoms with Crippen molar-refractivity contribution < 1.29 is 9.59 Å². The molecule has 0 unspecified atom stereocenters. The van der Waals surface area contributed by atoms with E-state index in [-0.39, 0.29) is 17.9 Å². The second kappa shape index (κ2) is 7.12. The van der Waals surface area contributed by atoms with E-state index < -0.39 is 0 Å². The number of thiophene rings is 1. The van der Waals surface area contributed by atoms with Crippen LogP contribution in [0.4, 0.5) is 5.69 Å². The van der Waals surface area contributed by atoms with E-state index in [0.717, 1.165) is 61.1 Å². The molecular formula is C21H26N4O2S. The lowest BCUT2D eigenvalue weighted by Gasteiger charge is -2.49. The largest absolute Gasteiger partial charge is 0.346 e. The van der Waals surface area contributed by atoms with Crippen LogP contribution >= 0.6 is 11.3 Å². The molecule has 4 saturated heterocycles. The van der Waals surface area contributed by atoms with Crippen LogP contribution in [0.25, 0.3) is 10.1 Å². The van der Waals surface area contributed by atoms with E-state index in [4.69, 9.17) is 0 Å². The Balaban J connectivity index is 1.40. The normalized spacial score (nSPS) is 30.0. The SMILES string of the molecule is C[C@@H]1[C@H](NC(=O)c2cc3c(N4CCCCC4=O)csc3cn2)C2CCN1CC2. The number of anilines is 1. The summed E-state index contributed by atoms with van der Waals surface area (Å²) in [4.78, 5) is 34.1. The zero-order valence-corrected chi connectivity index (χ0v) is 17.0. The van der Waals surface area contributed by atoms with Crippen molar-refractivity contribution in [3.63, 3.8) is 0 Å². The predicted molar refractivity (Wildman–Crippen MR) is 111 cm³/mol. The van der Waals surface area contributed by atoms with Gasteiger partial charge in [-0.3, -0.25) is 14.5 Å². The molecule has 0 spiro atoms. The molecule has 7 heteroatoms. The van der Waals surface area contributed by atoms with Crippen LogP contribution in [0.1, 0.15) is 49.5 Å². The van der Waals surface area contributed by atoms with Gasteiger partial charge in [0.25, 0.3) is 5.91 Å². The van der Waals surface area contributed by atoms with Crippen molar-refractivity contribution in [3.05, 3.63) is 23.3 Å². The second-order valence-corrected chi connectivity index (χ2v) is 9.21. The lowest BCUT2D eigenvalue weighted by atomic mass is 9.79. The molecule has 148 valence electrons. The molecule has 28 heavy (non-hydrogen) atoms. The predicted octanol–water partition coefficient (Wildman–Crippen LogP) is 3.03. The Hall–Kier alpha value is -1.99.